The van der Waals surface area contributed by atoms with Gasteiger partial charge in [-0.15, -0.1) is 22.7 Å². The zero-order chi connectivity index (χ0) is 16.5. The quantitative estimate of drug-likeness (QED) is 0.590. The molecule has 9 heteroatoms. The van der Waals surface area contributed by atoms with Gasteiger partial charge in [-0.05, 0) is 11.4 Å². The van der Waals surface area contributed by atoms with Gasteiger partial charge >= 0.3 is 0 Å². The van der Waals surface area contributed by atoms with Crippen molar-refractivity contribution in [1.82, 2.24) is 24.3 Å². The van der Waals surface area contributed by atoms with E-state index >= 15 is 0 Å². The van der Waals surface area contributed by atoms with Gasteiger partial charge in [0.15, 0.2) is 4.96 Å². The maximum atomic E-state index is 12.2. The molecule has 0 aliphatic carbocycles. The molecule has 0 saturated carbocycles. The summed E-state index contributed by atoms with van der Waals surface area (Å²) >= 11 is 2.98. The van der Waals surface area contributed by atoms with Gasteiger partial charge in [0, 0.05) is 30.7 Å². The number of imidazole rings is 1. The summed E-state index contributed by atoms with van der Waals surface area (Å²) in [4.78, 5) is 34.5. The third-order valence-electron chi connectivity index (χ3n) is 3.64. The van der Waals surface area contributed by atoms with Gasteiger partial charge < -0.3 is 5.32 Å². The molecule has 0 atom stereocenters. The Morgan fingerprint density at radius 2 is 2.21 bits per heavy atom. The standard InChI is InChI=1S/C15H13N5O2S2/c21-12(16-7-10-8-19-4-6-24-15(19)18-10)1-3-20-9-17-13-11(14(20)22)2-5-23-13/h2,4-6,8-9H,1,3,7H2,(H,16,21). The lowest BCUT2D eigenvalue weighted by atomic mass is 10.3. The van der Waals surface area contributed by atoms with Crippen LogP contribution in [0.25, 0.3) is 15.2 Å². The third kappa shape index (κ3) is 2.83. The Hall–Kier alpha value is -2.52. The van der Waals surface area contributed by atoms with Crippen molar-refractivity contribution in [3.8, 4) is 0 Å². The molecule has 122 valence electrons. The molecule has 7 nitrogen and oxygen atoms in total. The average Bonchev–Trinajstić information content (AvgIpc) is 3.27. The summed E-state index contributed by atoms with van der Waals surface area (Å²) in [5.41, 5.74) is 0.706. The SMILES string of the molecule is O=C(CCn1cnc2sccc2c1=O)NCc1cn2ccsc2n1. The van der Waals surface area contributed by atoms with E-state index in [2.05, 4.69) is 15.3 Å². The molecule has 1 amide bonds. The molecule has 0 unspecified atom stereocenters. The molecule has 0 saturated heterocycles. The fraction of sp³-hybridized carbons (Fsp3) is 0.200. The van der Waals surface area contributed by atoms with Gasteiger partial charge in [0.1, 0.15) is 4.83 Å². The smallest absolute Gasteiger partial charge is 0.262 e. The van der Waals surface area contributed by atoms with E-state index in [0.29, 0.717) is 18.5 Å². The van der Waals surface area contributed by atoms with E-state index < -0.39 is 0 Å². The highest BCUT2D eigenvalue weighted by Gasteiger charge is 2.08. The Balaban J connectivity index is 1.36. The van der Waals surface area contributed by atoms with Gasteiger partial charge in [0.05, 0.1) is 24.0 Å². The summed E-state index contributed by atoms with van der Waals surface area (Å²) < 4.78 is 3.40. The summed E-state index contributed by atoms with van der Waals surface area (Å²) in [6.45, 7) is 0.686. The van der Waals surface area contributed by atoms with Crippen molar-refractivity contribution >= 4 is 43.8 Å². The summed E-state index contributed by atoms with van der Waals surface area (Å²) in [5.74, 6) is -0.122. The van der Waals surface area contributed by atoms with Crippen LogP contribution in [0.15, 0.2) is 40.3 Å². The topological polar surface area (TPSA) is 81.3 Å². The fourth-order valence-corrected chi connectivity index (χ4v) is 3.86. The van der Waals surface area contributed by atoms with Gasteiger partial charge in [-0.1, -0.05) is 0 Å². The van der Waals surface area contributed by atoms with Crippen LogP contribution in [-0.4, -0.2) is 24.8 Å². The zero-order valence-electron chi connectivity index (χ0n) is 12.5. The Morgan fingerprint density at radius 3 is 3.08 bits per heavy atom. The fourth-order valence-electron chi connectivity index (χ4n) is 2.41. The number of hydrogen-bond donors (Lipinski definition) is 1. The number of carbonyl (C=O) groups is 1. The minimum Gasteiger partial charge on any atom is -0.350 e. The second-order valence-electron chi connectivity index (χ2n) is 5.23. The zero-order valence-corrected chi connectivity index (χ0v) is 14.1. The molecule has 0 aromatic carbocycles. The Labute approximate surface area is 144 Å². The van der Waals surface area contributed by atoms with Crippen molar-refractivity contribution < 1.29 is 4.79 Å². The Morgan fingerprint density at radius 1 is 1.29 bits per heavy atom. The molecule has 24 heavy (non-hydrogen) atoms. The van der Waals surface area contributed by atoms with Crippen LogP contribution in [-0.2, 0) is 17.9 Å². The second kappa shape index (κ2) is 6.17. The number of rotatable bonds is 5. The Bertz CT molecular complexity index is 1050. The number of hydrogen-bond acceptors (Lipinski definition) is 6. The predicted molar refractivity (Wildman–Crippen MR) is 93.4 cm³/mol. The van der Waals surface area contributed by atoms with Crippen LogP contribution in [0.5, 0.6) is 0 Å². The lowest BCUT2D eigenvalue weighted by Crippen LogP contribution is -2.27. The molecular formula is C15H13N5O2S2. The van der Waals surface area contributed by atoms with Gasteiger partial charge in [0.25, 0.3) is 5.56 Å². The predicted octanol–water partition coefficient (Wildman–Crippen LogP) is 1.87. The maximum absolute atomic E-state index is 12.2. The van der Waals surface area contributed by atoms with Crippen molar-refractivity contribution in [2.45, 2.75) is 19.5 Å². The minimum absolute atomic E-state index is 0.108. The van der Waals surface area contributed by atoms with Gasteiger partial charge in [-0.3, -0.25) is 18.6 Å². The molecule has 4 aromatic rings. The molecule has 0 radical (unpaired) electrons. The van der Waals surface area contributed by atoms with Crippen LogP contribution in [0.4, 0.5) is 0 Å². The molecular weight excluding hydrogens is 346 g/mol. The third-order valence-corrected chi connectivity index (χ3v) is 5.23. The highest BCUT2D eigenvalue weighted by Crippen LogP contribution is 2.13. The lowest BCUT2D eigenvalue weighted by molar-refractivity contribution is -0.121. The van der Waals surface area contributed by atoms with E-state index in [0.717, 1.165) is 15.5 Å². The first kappa shape index (κ1) is 15.0. The summed E-state index contributed by atoms with van der Waals surface area (Å²) in [5, 5.41) is 7.22. The Kier molecular flexibility index (Phi) is 3.87. The number of fused-ring (bicyclic) bond motifs is 2. The van der Waals surface area contributed by atoms with E-state index in [1.165, 1.54) is 22.2 Å². The number of thiophene rings is 1. The first-order valence-corrected chi connectivity index (χ1v) is 9.07. The van der Waals surface area contributed by atoms with Crippen LogP contribution in [0.3, 0.4) is 0 Å². The van der Waals surface area contributed by atoms with Crippen LogP contribution in [0, 0.1) is 0 Å². The summed E-state index contributed by atoms with van der Waals surface area (Å²) in [6, 6.07) is 1.76. The molecule has 0 fully saturated rings. The van der Waals surface area contributed by atoms with E-state index in [-0.39, 0.29) is 17.9 Å². The first-order chi connectivity index (χ1) is 11.7. The first-order valence-electron chi connectivity index (χ1n) is 7.31. The van der Waals surface area contributed by atoms with Crippen LogP contribution < -0.4 is 10.9 Å². The van der Waals surface area contributed by atoms with Gasteiger partial charge in [0.2, 0.25) is 5.91 Å². The van der Waals surface area contributed by atoms with Crippen molar-refractivity contribution in [2.75, 3.05) is 0 Å². The van der Waals surface area contributed by atoms with E-state index in [9.17, 15) is 9.59 Å². The molecule has 0 spiro atoms. The van der Waals surface area contributed by atoms with E-state index in [4.69, 9.17) is 0 Å². The molecule has 0 aliphatic heterocycles. The summed E-state index contributed by atoms with van der Waals surface area (Å²) in [6.07, 6.45) is 5.54. The normalized spacial score (nSPS) is 11.3. The highest BCUT2D eigenvalue weighted by atomic mass is 32.1. The number of aromatic nitrogens is 4. The molecule has 0 aliphatic rings. The van der Waals surface area contributed by atoms with Crippen molar-refractivity contribution in [3.05, 3.63) is 51.6 Å². The average molecular weight is 359 g/mol. The van der Waals surface area contributed by atoms with E-state index in [1.54, 1.807) is 17.4 Å². The van der Waals surface area contributed by atoms with Gasteiger partial charge in [-0.25, -0.2) is 9.97 Å². The molecule has 4 aromatic heterocycles. The van der Waals surface area contributed by atoms with Crippen molar-refractivity contribution in [3.63, 3.8) is 0 Å². The number of carbonyl (C=O) groups excluding carboxylic acids is 1. The summed E-state index contributed by atoms with van der Waals surface area (Å²) in [7, 11) is 0. The molecule has 4 rings (SSSR count). The molecule has 4 heterocycles. The monoisotopic (exact) mass is 359 g/mol. The van der Waals surface area contributed by atoms with Crippen molar-refractivity contribution in [2.24, 2.45) is 0 Å². The number of thiazole rings is 1. The maximum Gasteiger partial charge on any atom is 0.262 e. The number of nitrogens with zero attached hydrogens (tertiary/aromatic N) is 4. The molecule has 1 N–H and O–H groups in total. The number of nitrogens with one attached hydrogen (secondary N) is 1. The second-order valence-corrected chi connectivity index (χ2v) is 7.00. The van der Waals surface area contributed by atoms with Crippen LogP contribution in [0.1, 0.15) is 12.1 Å². The van der Waals surface area contributed by atoms with E-state index in [1.807, 2.05) is 27.6 Å². The van der Waals surface area contributed by atoms with Gasteiger partial charge in [-0.2, -0.15) is 0 Å². The van der Waals surface area contributed by atoms with Crippen LogP contribution >= 0.6 is 22.7 Å². The van der Waals surface area contributed by atoms with Crippen molar-refractivity contribution in [1.29, 1.82) is 0 Å². The van der Waals surface area contributed by atoms with Crippen LogP contribution in [0.2, 0.25) is 0 Å². The number of aryl methyl sites for hydroxylation is 1. The minimum atomic E-state index is -0.122. The largest absolute Gasteiger partial charge is 0.350 e. The number of amides is 1. The lowest BCUT2D eigenvalue weighted by Gasteiger charge is -2.06. The molecule has 0 bridgehead atoms. The highest BCUT2D eigenvalue weighted by molar-refractivity contribution is 7.16.